The summed E-state index contributed by atoms with van der Waals surface area (Å²) in [6.45, 7) is 3.20. The first kappa shape index (κ1) is 22.4. The van der Waals surface area contributed by atoms with Crippen molar-refractivity contribution >= 4 is 29.3 Å². The minimum absolute atomic E-state index is 0.00384. The molecule has 0 fully saturated rings. The van der Waals surface area contributed by atoms with E-state index in [1.165, 1.54) is 18.2 Å². The zero-order chi connectivity index (χ0) is 22.4. The molecule has 0 unspecified atom stereocenters. The molecule has 2 aromatic rings. The number of carbonyl (C=O) groups is 2. The normalized spacial score (nSPS) is 12.8. The Labute approximate surface area is 171 Å². The summed E-state index contributed by atoms with van der Waals surface area (Å²) in [5.74, 6) is -3.38. The summed E-state index contributed by atoms with van der Waals surface area (Å²) in [7, 11) is 0. The third-order valence-electron chi connectivity index (χ3n) is 4.33. The molecule has 4 N–H and O–H groups in total. The van der Waals surface area contributed by atoms with Gasteiger partial charge in [0.25, 0.3) is 5.82 Å². The third kappa shape index (κ3) is 5.80. The number of phenols is 1. The molecule has 0 saturated heterocycles. The summed E-state index contributed by atoms with van der Waals surface area (Å²) in [5, 5.41) is 48.7. The fraction of sp³-hybridized carbons (Fsp3) is 0.316. The van der Waals surface area contributed by atoms with Crippen LogP contribution in [-0.4, -0.2) is 34.1 Å². The summed E-state index contributed by atoms with van der Waals surface area (Å²) in [6.07, 6.45) is 0.00384. The van der Waals surface area contributed by atoms with Crippen molar-refractivity contribution in [2.24, 2.45) is 5.92 Å². The number of aliphatic carboxylic acids is 2. The highest BCUT2D eigenvalue weighted by atomic mass is 16.6. The smallest absolute Gasteiger partial charge is 0.340 e. The van der Waals surface area contributed by atoms with Crippen molar-refractivity contribution in [1.82, 2.24) is 0 Å². The number of hydrogen-bond acceptors (Lipinski definition) is 9. The first-order chi connectivity index (χ1) is 14.1. The van der Waals surface area contributed by atoms with E-state index in [1.807, 2.05) is 0 Å². The van der Waals surface area contributed by atoms with Crippen molar-refractivity contribution in [2.45, 2.75) is 32.4 Å². The molecule has 0 saturated carbocycles. The molecule has 30 heavy (non-hydrogen) atoms. The molecule has 0 aliphatic carbocycles. The van der Waals surface area contributed by atoms with Crippen molar-refractivity contribution in [3.05, 3.63) is 52.1 Å². The number of carbonyl (C=O) groups excluding carboxylic acids is 2. The van der Waals surface area contributed by atoms with E-state index in [1.54, 1.807) is 26.0 Å². The predicted molar refractivity (Wildman–Crippen MR) is 101 cm³/mol. The van der Waals surface area contributed by atoms with Crippen LogP contribution in [0, 0.1) is 16.0 Å². The average molecular weight is 417 g/mol. The number of benzene rings is 1. The minimum atomic E-state index is -1.44. The van der Waals surface area contributed by atoms with Crippen molar-refractivity contribution in [3.63, 3.8) is 0 Å². The summed E-state index contributed by atoms with van der Waals surface area (Å²) in [4.78, 5) is 36.1. The number of anilines is 2. The Kier molecular flexibility index (Phi) is 7.13. The molecule has 1 heterocycles. The molecule has 2 rings (SSSR count). The number of carboxylic acid groups (broad SMARTS) is 2. The Hall–Kier alpha value is -3.89. The van der Waals surface area contributed by atoms with Crippen LogP contribution in [0.2, 0.25) is 0 Å². The monoisotopic (exact) mass is 417 g/mol. The number of carboxylic acids is 2. The van der Waals surface area contributed by atoms with Crippen molar-refractivity contribution in [2.75, 3.05) is 10.6 Å². The molecule has 11 nitrogen and oxygen atoms in total. The number of aromatic amines is 1. The van der Waals surface area contributed by atoms with E-state index in [2.05, 4.69) is 15.6 Å². The second-order valence-electron chi connectivity index (χ2n) is 6.96. The summed E-state index contributed by atoms with van der Waals surface area (Å²) < 4.78 is 0. The van der Waals surface area contributed by atoms with Gasteiger partial charge < -0.3 is 24.9 Å². The fourth-order valence-electron chi connectivity index (χ4n) is 2.73. The molecule has 1 aromatic heterocycles. The number of phenolic OH excluding ortho intramolecular Hbond substituents is 1. The maximum Gasteiger partial charge on any atom is 0.340 e. The number of nitrogens with one attached hydrogen (secondary N) is 3. The fourth-order valence-corrected chi connectivity index (χ4v) is 2.73. The van der Waals surface area contributed by atoms with Crippen molar-refractivity contribution in [1.29, 1.82) is 0 Å². The maximum atomic E-state index is 11.5. The third-order valence-corrected chi connectivity index (χ3v) is 4.33. The molecule has 0 spiro atoms. The highest BCUT2D eigenvalue weighted by Gasteiger charge is 2.27. The Morgan fingerprint density at radius 3 is 2.20 bits per heavy atom. The van der Waals surface area contributed by atoms with Gasteiger partial charge in [0.1, 0.15) is 17.8 Å². The number of nitro groups is 1. The number of aromatic nitrogens is 1. The van der Waals surface area contributed by atoms with Gasteiger partial charge in [0.2, 0.25) is 5.82 Å². The molecule has 11 heteroatoms. The first-order valence-electron chi connectivity index (χ1n) is 9.02. The van der Waals surface area contributed by atoms with E-state index in [0.29, 0.717) is 5.56 Å². The van der Waals surface area contributed by atoms with Crippen LogP contribution in [-0.2, 0) is 16.0 Å². The van der Waals surface area contributed by atoms with Gasteiger partial charge in [-0.05, 0) is 23.6 Å². The van der Waals surface area contributed by atoms with Crippen LogP contribution in [0.1, 0.15) is 19.4 Å². The zero-order valence-corrected chi connectivity index (χ0v) is 16.2. The quantitative estimate of drug-likeness (QED) is 0.325. The van der Waals surface area contributed by atoms with Crippen molar-refractivity contribution in [3.8, 4) is 5.75 Å². The maximum absolute atomic E-state index is 11.5. The molecular weight excluding hydrogens is 396 g/mol. The molecule has 0 aliphatic heterocycles. The number of rotatable bonds is 10. The highest BCUT2D eigenvalue weighted by Crippen LogP contribution is 2.23. The second-order valence-corrected chi connectivity index (χ2v) is 6.96. The van der Waals surface area contributed by atoms with Gasteiger partial charge in [-0.2, -0.15) is 0 Å². The van der Waals surface area contributed by atoms with Gasteiger partial charge in [0.15, 0.2) is 0 Å². The van der Waals surface area contributed by atoms with Gasteiger partial charge in [-0.25, -0.2) is 4.98 Å². The molecule has 160 valence electrons. The predicted octanol–water partition coefficient (Wildman–Crippen LogP) is -0.926. The lowest BCUT2D eigenvalue weighted by Crippen LogP contribution is -2.46. The van der Waals surface area contributed by atoms with Crippen LogP contribution >= 0.6 is 0 Å². The standard InChI is InChI=1S/C19H22N4O7/c1-10(2)16(19(27)28)22-17-14(23(29)30)7-8-15(21-17)20-13(18(25)26)9-11-3-5-12(24)6-4-11/h3-8,10,13,16,24H,9H2,1-2H3,(H,25,26)(H,27,28)(H2,20,21,22)/p-1/t13-,16+/m1/s1. The number of nitrogens with zero attached hydrogens (tertiary/aromatic N) is 1. The number of H-pyrrole nitrogens is 1. The van der Waals surface area contributed by atoms with Crippen LogP contribution < -0.4 is 25.8 Å². The average Bonchev–Trinajstić information content (AvgIpc) is 2.66. The first-order valence-corrected chi connectivity index (χ1v) is 9.02. The van der Waals surface area contributed by atoms with Crippen LogP contribution in [0.15, 0.2) is 36.4 Å². The van der Waals surface area contributed by atoms with Crippen LogP contribution in [0.5, 0.6) is 5.75 Å². The lowest BCUT2D eigenvalue weighted by atomic mass is 10.0. The van der Waals surface area contributed by atoms with Gasteiger partial charge in [-0.1, -0.05) is 26.0 Å². The molecule has 0 amide bonds. The number of aromatic hydroxyl groups is 1. The van der Waals surface area contributed by atoms with E-state index in [9.17, 15) is 35.0 Å². The highest BCUT2D eigenvalue weighted by molar-refractivity contribution is 5.77. The van der Waals surface area contributed by atoms with E-state index >= 15 is 0 Å². The van der Waals surface area contributed by atoms with Crippen molar-refractivity contribution < 1.29 is 34.8 Å². The van der Waals surface area contributed by atoms with Gasteiger partial charge in [0, 0.05) is 18.6 Å². The molecule has 0 radical (unpaired) electrons. The Bertz CT molecular complexity index is 931. The number of pyridine rings is 1. The van der Waals surface area contributed by atoms with E-state index in [0.717, 1.165) is 6.07 Å². The Balaban J connectivity index is 2.30. The SMILES string of the molecule is CC(C)[C@H](Nc1[nH+]c(N[C@H](Cc2ccc(O)cc2)C(=O)[O-])ccc1[N+](=O)[O-])C(=O)[O-]. The van der Waals surface area contributed by atoms with Gasteiger partial charge in [-0.3, -0.25) is 20.7 Å². The lowest BCUT2D eigenvalue weighted by molar-refractivity contribution is -0.405. The van der Waals surface area contributed by atoms with Gasteiger partial charge >= 0.3 is 5.69 Å². The molecular formula is C19H21N4O7-. The molecule has 0 aliphatic rings. The summed E-state index contributed by atoms with van der Waals surface area (Å²) in [6, 6.07) is 5.87. The van der Waals surface area contributed by atoms with E-state index in [-0.39, 0.29) is 23.8 Å². The Morgan fingerprint density at radius 2 is 1.70 bits per heavy atom. The summed E-state index contributed by atoms with van der Waals surface area (Å²) in [5.41, 5.74) is 0.183. The molecule has 1 aromatic carbocycles. The lowest BCUT2D eigenvalue weighted by Gasteiger charge is -2.21. The minimum Gasteiger partial charge on any atom is -0.546 e. The van der Waals surface area contributed by atoms with E-state index < -0.39 is 40.6 Å². The van der Waals surface area contributed by atoms with Gasteiger partial charge in [-0.15, -0.1) is 0 Å². The van der Waals surface area contributed by atoms with Crippen LogP contribution in [0.25, 0.3) is 0 Å². The van der Waals surface area contributed by atoms with Gasteiger partial charge in [0.05, 0.1) is 16.9 Å². The summed E-state index contributed by atoms with van der Waals surface area (Å²) >= 11 is 0. The molecule has 2 atom stereocenters. The Morgan fingerprint density at radius 1 is 1.07 bits per heavy atom. The van der Waals surface area contributed by atoms with E-state index in [4.69, 9.17) is 0 Å². The second kappa shape index (κ2) is 9.54. The van der Waals surface area contributed by atoms with Crippen LogP contribution in [0.3, 0.4) is 0 Å². The number of hydrogen-bond donors (Lipinski definition) is 3. The topological polar surface area (TPSA) is 182 Å². The zero-order valence-electron chi connectivity index (χ0n) is 16.2. The molecule has 0 bridgehead atoms. The largest absolute Gasteiger partial charge is 0.546 e. The van der Waals surface area contributed by atoms with Crippen LogP contribution in [0.4, 0.5) is 17.3 Å².